The van der Waals surface area contributed by atoms with E-state index in [4.69, 9.17) is 9.98 Å². The summed E-state index contributed by atoms with van der Waals surface area (Å²) in [5.74, 6) is 0. The van der Waals surface area contributed by atoms with Gasteiger partial charge in [0.05, 0.1) is 12.1 Å². The summed E-state index contributed by atoms with van der Waals surface area (Å²) in [7, 11) is 0. The fourth-order valence-corrected chi connectivity index (χ4v) is 3.14. The van der Waals surface area contributed by atoms with Crippen molar-refractivity contribution < 1.29 is 0 Å². The Labute approximate surface area is 156 Å². The molecule has 132 valence electrons. The van der Waals surface area contributed by atoms with Crippen molar-refractivity contribution in [2.24, 2.45) is 9.98 Å². The number of hydrogen-bond donors (Lipinski definition) is 0. The first-order chi connectivity index (χ1) is 12.9. The van der Waals surface area contributed by atoms with Crippen molar-refractivity contribution in [1.29, 1.82) is 0 Å². The van der Waals surface area contributed by atoms with Gasteiger partial charge in [-0.1, -0.05) is 72.8 Å². The lowest BCUT2D eigenvalue weighted by Gasteiger charge is -2.23. The van der Waals surface area contributed by atoms with Crippen molar-refractivity contribution in [3.63, 3.8) is 0 Å². The van der Waals surface area contributed by atoms with E-state index in [0.717, 1.165) is 25.7 Å². The highest BCUT2D eigenvalue weighted by Crippen LogP contribution is 2.23. The smallest absolute Gasteiger partial charge is 0.0501 e. The lowest BCUT2D eigenvalue weighted by Crippen LogP contribution is -2.19. The van der Waals surface area contributed by atoms with Crippen LogP contribution in [-0.2, 0) is 0 Å². The summed E-state index contributed by atoms with van der Waals surface area (Å²) in [6.45, 7) is 0. The lowest BCUT2D eigenvalue weighted by molar-refractivity contribution is 0.399. The maximum absolute atomic E-state index is 4.69. The molecule has 1 aliphatic carbocycles. The fourth-order valence-electron chi connectivity index (χ4n) is 3.14. The third kappa shape index (κ3) is 6.29. The molecule has 1 aliphatic rings. The van der Waals surface area contributed by atoms with Crippen molar-refractivity contribution in [2.75, 3.05) is 0 Å². The van der Waals surface area contributed by atoms with Gasteiger partial charge in [0, 0.05) is 12.4 Å². The maximum Gasteiger partial charge on any atom is 0.0501 e. The first-order valence-corrected chi connectivity index (χ1v) is 9.40. The molecule has 1 saturated carbocycles. The van der Waals surface area contributed by atoms with Crippen molar-refractivity contribution >= 4 is 24.6 Å². The predicted molar refractivity (Wildman–Crippen MR) is 114 cm³/mol. The molecule has 0 N–H and O–H groups in total. The van der Waals surface area contributed by atoms with Crippen LogP contribution in [-0.4, -0.2) is 24.5 Å². The summed E-state index contributed by atoms with van der Waals surface area (Å²) in [6.07, 6.45) is 16.7. The third-order valence-electron chi connectivity index (χ3n) is 4.61. The number of rotatable bonds is 6. The van der Waals surface area contributed by atoms with Crippen LogP contribution >= 0.6 is 0 Å². The van der Waals surface area contributed by atoms with Gasteiger partial charge in [-0.25, -0.2) is 0 Å². The molecule has 0 aromatic heterocycles. The van der Waals surface area contributed by atoms with Gasteiger partial charge in [0.2, 0.25) is 0 Å². The second-order valence-corrected chi connectivity index (χ2v) is 6.60. The molecule has 2 nitrogen and oxygen atoms in total. The Bertz CT molecular complexity index is 682. The minimum absolute atomic E-state index is 0.446. The Morgan fingerprint density at radius 3 is 1.35 bits per heavy atom. The molecule has 0 aliphatic heterocycles. The first kappa shape index (κ1) is 18.1. The standard InChI is InChI=1S/C24H26N2/c1-3-9-21(10-4-1)13-7-19-25-23-15-17-24(18-16-23)26-20-8-14-22-11-5-2-6-12-22/h1-14,19-20,23-24H,15-18H2/b13-7+,14-8+,25-19?,26-20?. The number of nitrogens with zero attached hydrogens (tertiary/aromatic N) is 2. The molecular weight excluding hydrogens is 316 g/mol. The summed E-state index contributed by atoms with van der Waals surface area (Å²) in [4.78, 5) is 9.38. The summed E-state index contributed by atoms with van der Waals surface area (Å²) < 4.78 is 0. The number of hydrogen-bond acceptors (Lipinski definition) is 2. The average Bonchev–Trinajstić information content (AvgIpc) is 2.71. The van der Waals surface area contributed by atoms with E-state index < -0.39 is 0 Å². The molecule has 3 rings (SSSR count). The second kappa shape index (κ2) is 10.3. The lowest BCUT2D eigenvalue weighted by atomic mass is 9.92. The predicted octanol–water partition coefficient (Wildman–Crippen LogP) is 5.87. The van der Waals surface area contributed by atoms with Gasteiger partial charge in [0.15, 0.2) is 0 Å². The zero-order valence-electron chi connectivity index (χ0n) is 15.1. The summed E-state index contributed by atoms with van der Waals surface area (Å²) in [5, 5.41) is 0. The normalized spacial score (nSPS) is 21.4. The van der Waals surface area contributed by atoms with E-state index in [0.29, 0.717) is 12.1 Å². The molecule has 2 aromatic carbocycles. The molecule has 0 amide bonds. The van der Waals surface area contributed by atoms with Crippen molar-refractivity contribution in [1.82, 2.24) is 0 Å². The van der Waals surface area contributed by atoms with E-state index in [2.05, 4.69) is 36.4 Å². The summed E-state index contributed by atoms with van der Waals surface area (Å²) in [6, 6.07) is 21.5. The average molecular weight is 342 g/mol. The van der Waals surface area contributed by atoms with E-state index in [-0.39, 0.29) is 0 Å². The highest BCUT2D eigenvalue weighted by Gasteiger charge is 2.18. The van der Waals surface area contributed by atoms with Crippen LogP contribution in [0.3, 0.4) is 0 Å². The minimum Gasteiger partial charge on any atom is -0.290 e. The first-order valence-electron chi connectivity index (χ1n) is 9.40. The highest BCUT2D eigenvalue weighted by molar-refractivity contribution is 5.79. The molecular formula is C24H26N2. The van der Waals surface area contributed by atoms with E-state index in [1.54, 1.807) is 0 Å². The maximum atomic E-state index is 4.69. The van der Waals surface area contributed by atoms with Crippen LogP contribution in [0.2, 0.25) is 0 Å². The largest absolute Gasteiger partial charge is 0.290 e. The van der Waals surface area contributed by atoms with Crippen molar-refractivity contribution in [3.05, 3.63) is 83.9 Å². The zero-order chi connectivity index (χ0) is 17.9. The van der Waals surface area contributed by atoms with E-state index in [9.17, 15) is 0 Å². The fraction of sp³-hybridized carbons (Fsp3) is 0.250. The van der Waals surface area contributed by atoms with Gasteiger partial charge in [-0.3, -0.25) is 9.98 Å². The monoisotopic (exact) mass is 342 g/mol. The van der Waals surface area contributed by atoms with Crippen LogP contribution < -0.4 is 0 Å². The number of allylic oxidation sites excluding steroid dienone is 2. The molecule has 0 radical (unpaired) electrons. The quantitative estimate of drug-likeness (QED) is 0.587. The highest BCUT2D eigenvalue weighted by atomic mass is 14.8. The van der Waals surface area contributed by atoms with Crippen LogP contribution in [0, 0.1) is 0 Å². The molecule has 0 saturated heterocycles. The molecule has 0 heterocycles. The Kier molecular flexibility index (Phi) is 7.15. The molecule has 0 spiro atoms. The van der Waals surface area contributed by atoms with Crippen LogP contribution in [0.15, 0.2) is 82.8 Å². The van der Waals surface area contributed by atoms with E-state index >= 15 is 0 Å². The van der Waals surface area contributed by atoms with Gasteiger partial charge < -0.3 is 0 Å². The molecule has 0 bridgehead atoms. The van der Waals surface area contributed by atoms with Crippen LogP contribution in [0.4, 0.5) is 0 Å². The molecule has 2 aromatic rings. The van der Waals surface area contributed by atoms with Gasteiger partial charge in [0.1, 0.15) is 0 Å². The van der Waals surface area contributed by atoms with Gasteiger partial charge in [-0.2, -0.15) is 0 Å². The van der Waals surface area contributed by atoms with Crippen molar-refractivity contribution in [2.45, 2.75) is 37.8 Å². The Hall–Kier alpha value is -2.74. The Morgan fingerprint density at radius 2 is 0.962 bits per heavy atom. The van der Waals surface area contributed by atoms with Gasteiger partial charge in [-0.05, 0) is 49.0 Å². The minimum atomic E-state index is 0.446. The molecule has 26 heavy (non-hydrogen) atoms. The second-order valence-electron chi connectivity index (χ2n) is 6.60. The SMILES string of the molecule is C(/C=C/c1ccccc1)=NC1CCC(N=C/C=C/c2ccccc2)CC1. The molecule has 0 unspecified atom stereocenters. The van der Waals surface area contributed by atoms with Crippen LogP contribution in [0.1, 0.15) is 36.8 Å². The van der Waals surface area contributed by atoms with Crippen molar-refractivity contribution in [3.8, 4) is 0 Å². The van der Waals surface area contributed by atoms with E-state index in [1.807, 2.05) is 61.0 Å². The Balaban J connectivity index is 1.38. The summed E-state index contributed by atoms with van der Waals surface area (Å²) >= 11 is 0. The molecule has 1 fully saturated rings. The van der Waals surface area contributed by atoms with E-state index in [1.165, 1.54) is 11.1 Å². The topological polar surface area (TPSA) is 24.7 Å². The number of aliphatic imine (C=N–C) groups is 2. The van der Waals surface area contributed by atoms with Gasteiger partial charge in [-0.15, -0.1) is 0 Å². The Morgan fingerprint density at radius 1 is 0.577 bits per heavy atom. The van der Waals surface area contributed by atoms with Crippen LogP contribution in [0.25, 0.3) is 12.2 Å². The van der Waals surface area contributed by atoms with Gasteiger partial charge >= 0.3 is 0 Å². The molecule has 2 heteroatoms. The third-order valence-corrected chi connectivity index (χ3v) is 4.61. The number of benzene rings is 2. The van der Waals surface area contributed by atoms with Crippen LogP contribution in [0.5, 0.6) is 0 Å². The summed E-state index contributed by atoms with van der Waals surface area (Å²) in [5.41, 5.74) is 2.42. The van der Waals surface area contributed by atoms with Gasteiger partial charge in [0.25, 0.3) is 0 Å². The molecule has 0 atom stereocenters. The zero-order valence-corrected chi connectivity index (χ0v) is 15.1.